The number of benzene rings is 2. The molecule has 4 N–H and O–H groups in total. The molecule has 3 heterocycles. The van der Waals surface area contributed by atoms with E-state index in [4.69, 9.17) is 9.47 Å². The van der Waals surface area contributed by atoms with Crippen molar-refractivity contribution in [1.82, 2.24) is 25.8 Å². The summed E-state index contributed by atoms with van der Waals surface area (Å²) in [7, 11) is 0. The normalized spacial score (nSPS) is 25.0. The van der Waals surface area contributed by atoms with Crippen molar-refractivity contribution in [2.24, 2.45) is 5.92 Å². The molecule has 0 saturated carbocycles. The molecule has 13 heteroatoms. The predicted molar refractivity (Wildman–Crippen MR) is 161 cm³/mol. The summed E-state index contributed by atoms with van der Waals surface area (Å²) in [5, 5.41) is 18.9. The number of carbonyl (C=O) groups is 5. The number of fused-ring (bicyclic) bond motifs is 2. The third kappa shape index (κ3) is 7.36. The van der Waals surface area contributed by atoms with Gasteiger partial charge in [0.15, 0.2) is 11.5 Å². The number of aliphatic hydroxyl groups is 1. The molecule has 0 radical (unpaired) electrons. The first-order valence-corrected chi connectivity index (χ1v) is 15.2. The van der Waals surface area contributed by atoms with Crippen molar-refractivity contribution in [3.05, 3.63) is 59.7 Å². The lowest BCUT2D eigenvalue weighted by atomic mass is 9.97. The zero-order valence-electron chi connectivity index (χ0n) is 25.4. The Morgan fingerprint density at radius 3 is 2.53 bits per heavy atom. The van der Waals surface area contributed by atoms with Crippen LogP contribution in [0.5, 0.6) is 11.5 Å². The van der Waals surface area contributed by atoms with E-state index in [9.17, 15) is 29.1 Å². The van der Waals surface area contributed by atoms with Crippen LogP contribution in [0.4, 0.5) is 0 Å². The molecule has 2 aromatic rings. The average molecular weight is 622 g/mol. The second-order valence-corrected chi connectivity index (χ2v) is 11.7. The van der Waals surface area contributed by atoms with Crippen molar-refractivity contribution in [2.75, 3.05) is 33.0 Å². The fourth-order valence-corrected chi connectivity index (χ4v) is 5.79. The van der Waals surface area contributed by atoms with E-state index in [1.165, 1.54) is 15.9 Å². The highest BCUT2D eigenvalue weighted by atomic mass is 16.7. The molecule has 0 spiro atoms. The van der Waals surface area contributed by atoms with E-state index >= 15 is 0 Å². The molecule has 5 amide bonds. The highest BCUT2D eigenvalue weighted by molar-refractivity contribution is 5.98. The summed E-state index contributed by atoms with van der Waals surface area (Å²) in [6.45, 7) is 3.21. The lowest BCUT2D eigenvalue weighted by Crippen LogP contribution is -2.58. The van der Waals surface area contributed by atoms with Gasteiger partial charge in [-0.15, -0.1) is 0 Å². The Balaban J connectivity index is 1.46. The molecule has 2 fully saturated rings. The fourth-order valence-electron chi connectivity index (χ4n) is 5.79. The van der Waals surface area contributed by atoms with Gasteiger partial charge in [0.25, 0.3) is 5.91 Å². The van der Waals surface area contributed by atoms with Crippen LogP contribution in [-0.2, 0) is 25.6 Å². The van der Waals surface area contributed by atoms with Gasteiger partial charge in [0.05, 0.1) is 12.6 Å². The molecular formula is C32H39N5O8. The first kappa shape index (κ1) is 31.8. The van der Waals surface area contributed by atoms with Crippen LogP contribution in [0.1, 0.15) is 42.6 Å². The molecule has 0 aromatic heterocycles. The SMILES string of the molecule is CC[C@H](C)[C@@H]1NC(=O)CN(C(=O)c2ccc3c(c2)OCO3)CCNC(=O)[C@H](Cc2ccccc2)NC(=O)[C@@H]2C[C@@H](O)CN2C1=O. The number of carbonyl (C=O) groups excluding carboxylic acids is 5. The van der Waals surface area contributed by atoms with Crippen molar-refractivity contribution < 1.29 is 38.6 Å². The van der Waals surface area contributed by atoms with Gasteiger partial charge in [0.2, 0.25) is 30.4 Å². The van der Waals surface area contributed by atoms with Crippen LogP contribution in [0.25, 0.3) is 0 Å². The van der Waals surface area contributed by atoms with E-state index in [0.717, 1.165) is 5.56 Å². The number of amides is 5. The summed E-state index contributed by atoms with van der Waals surface area (Å²) in [5.41, 5.74) is 1.07. The standard InChI is InChI=1S/C32H39N5O8/c1-3-19(2)28-32(43)37-16-22(38)15-24(37)30(41)34-23(13-20-7-5-4-6-8-20)29(40)33-11-12-36(17-27(39)35-28)31(42)21-9-10-25-26(14-21)45-18-44-25/h4-10,14,19,22-24,28,38H,3,11-13,15-18H2,1-2H3,(H,33,40)(H,34,41)(H,35,39)/t19-,22+,23-,24-,28-/m0/s1. The minimum absolute atomic E-state index is 0.00374. The summed E-state index contributed by atoms with van der Waals surface area (Å²) in [6, 6.07) is 10.9. The Bertz CT molecular complexity index is 1440. The number of hydrogen-bond donors (Lipinski definition) is 4. The number of hydrogen-bond acceptors (Lipinski definition) is 8. The van der Waals surface area contributed by atoms with Crippen LogP contribution < -0.4 is 25.4 Å². The van der Waals surface area contributed by atoms with Crippen molar-refractivity contribution in [3.8, 4) is 11.5 Å². The monoisotopic (exact) mass is 621 g/mol. The van der Waals surface area contributed by atoms with E-state index in [1.54, 1.807) is 12.1 Å². The average Bonchev–Trinajstić information content (AvgIpc) is 3.68. The maximum atomic E-state index is 13.9. The van der Waals surface area contributed by atoms with Gasteiger partial charge in [0, 0.05) is 38.0 Å². The number of nitrogens with zero attached hydrogens (tertiary/aromatic N) is 2. The lowest BCUT2D eigenvalue weighted by molar-refractivity contribution is -0.143. The highest BCUT2D eigenvalue weighted by Gasteiger charge is 2.43. The molecule has 3 aliphatic heterocycles. The predicted octanol–water partition coefficient (Wildman–Crippen LogP) is 0.208. The molecule has 0 bridgehead atoms. The first-order chi connectivity index (χ1) is 21.6. The second kappa shape index (κ2) is 14.0. The van der Waals surface area contributed by atoms with Crippen molar-refractivity contribution in [2.45, 2.75) is 57.3 Å². The van der Waals surface area contributed by atoms with Crippen molar-refractivity contribution >= 4 is 29.5 Å². The van der Waals surface area contributed by atoms with Gasteiger partial charge in [-0.05, 0) is 29.7 Å². The maximum Gasteiger partial charge on any atom is 0.254 e. The largest absolute Gasteiger partial charge is 0.454 e. The van der Waals surface area contributed by atoms with E-state index in [0.29, 0.717) is 17.9 Å². The van der Waals surface area contributed by atoms with Gasteiger partial charge in [-0.2, -0.15) is 0 Å². The Labute approximate surface area is 261 Å². The molecule has 2 saturated heterocycles. The minimum atomic E-state index is -1.03. The molecule has 2 aromatic carbocycles. The number of nitrogens with one attached hydrogen (secondary N) is 3. The molecule has 5 atom stereocenters. The Kier molecular flexibility index (Phi) is 9.87. The topological polar surface area (TPSA) is 167 Å². The van der Waals surface area contributed by atoms with Crippen LogP contribution in [0.3, 0.4) is 0 Å². The Morgan fingerprint density at radius 1 is 1.02 bits per heavy atom. The number of aliphatic hydroxyl groups excluding tert-OH is 1. The van der Waals surface area contributed by atoms with E-state index in [1.807, 2.05) is 44.2 Å². The molecule has 13 nitrogen and oxygen atoms in total. The van der Waals surface area contributed by atoms with Crippen molar-refractivity contribution in [3.63, 3.8) is 0 Å². The third-order valence-corrected chi connectivity index (χ3v) is 8.50. The van der Waals surface area contributed by atoms with Gasteiger partial charge in [-0.1, -0.05) is 50.6 Å². The third-order valence-electron chi connectivity index (χ3n) is 8.50. The van der Waals surface area contributed by atoms with E-state index < -0.39 is 53.8 Å². The molecular weight excluding hydrogens is 582 g/mol. The molecule has 240 valence electrons. The summed E-state index contributed by atoms with van der Waals surface area (Å²) < 4.78 is 10.8. The Morgan fingerprint density at radius 2 is 1.78 bits per heavy atom. The van der Waals surface area contributed by atoms with Crippen LogP contribution in [-0.4, -0.2) is 102 Å². The Hall–Kier alpha value is -4.65. The minimum Gasteiger partial charge on any atom is -0.454 e. The highest BCUT2D eigenvalue weighted by Crippen LogP contribution is 2.33. The molecule has 0 aliphatic carbocycles. The van der Waals surface area contributed by atoms with Gasteiger partial charge in [-0.3, -0.25) is 24.0 Å². The van der Waals surface area contributed by atoms with Crippen LogP contribution in [0.2, 0.25) is 0 Å². The number of ether oxygens (including phenoxy) is 2. The molecule has 45 heavy (non-hydrogen) atoms. The maximum absolute atomic E-state index is 13.9. The quantitative estimate of drug-likeness (QED) is 0.368. The lowest BCUT2D eigenvalue weighted by Gasteiger charge is -2.32. The summed E-state index contributed by atoms with van der Waals surface area (Å²) in [6.07, 6.45) is -0.234. The van der Waals surface area contributed by atoms with Gasteiger partial charge >= 0.3 is 0 Å². The molecule has 5 rings (SSSR count). The van der Waals surface area contributed by atoms with Crippen LogP contribution >= 0.6 is 0 Å². The van der Waals surface area contributed by atoms with Crippen molar-refractivity contribution in [1.29, 1.82) is 0 Å². The number of rotatable bonds is 5. The van der Waals surface area contributed by atoms with E-state index in [2.05, 4.69) is 16.0 Å². The summed E-state index contributed by atoms with van der Waals surface area (Å²) in [4.78, 5) is 70.7. The molecule has 3 aliphatic rings. The zero-order chi connectivity index (χ0) is 32.1. The van der Waals surface area contributed by atoms with Crippen LogP contribution in [0, 0.1) is 5.92 Å². The molecule has 0 unspecified atom stereocenters. The second-order valence-electron chi connectivity index (χ2n) is 11.7. The summed E-state index contributed by atoms with van der Waals surface area (Å²) >= 11 is 0. The smallest absolute Gasteiger partial charge is 0.254 e. The summed E-state index contributed by atoms with van der Waals surface area (Å²) in [5.74, 6) is -2.04. The first-order valence-electron chi connectivity index (χ1n) is 15.2. The van der Waals surface area contributed by atoms with Gasteiger partial charge < -0.3 is 40.3 Å². The van der Waals surface area contributed by atoms with Gasteiger partial charge in [-0.25, -0.2) is 0 Å². The fraction of sp³-hybridized carbons (Fsp3) is 0.469. The van der Waals surface area contributed by atoms with E-state index in [-0.39, 0.29) is 57.3 Å². The van der Waals surface area contributed by atoms with Crippen LogP contribution in [0.15, 0.2) is 48.5 Å². The van der Waals surface area contributed by atoms with Gasteiger partial charge in [0.1, 0.15) is 18.1 Å². The zero-order valence-corrected chi connectivity index (χ0v) is 25.4.